The van der Waals surface area contributed by atoms with Gasteiger partial charge in [0.2, 0.25) is 0 Å². The zero-order chi connectivity index (χ0) is 13.8. The summed E-state index contributed by atoms with van der Waals surface area (Å²) >= 11 is 0. The van der Waals surface area contributed by atoms with E-state index in [1.54, 1.807) is 0 Å². The molecular weight excluding hydrogens is 224 g/mol. The van der Waals surface area contributed by atoms with E-state index in [1.807, 2.05) is 0 Å². The summed E-state index contributed by atoms with van der Waals surface area (Å²) in [5.74, 6) is 0. The van der Waals surface area contributed by atoms with Gasteiger partial charge in [-0.25, -0.2) is 0 Å². The molecule has 1 rings (SSSR count). The van der Waals surface area contributed by atoms with Gasteiger partial charge < -0.3 is 10.5 Å². The predicted octanol–water partition coefficient (Wildman–Crippen LogP) is 2.64. The molecule has 108 valence electrons. The van der Waals surface area contributed by atoms with Crippen molar-refractivity contribution < 1.29 is 4.74 Å². The average Bonchev–Trinajstić information content (AvgIpc) is 2.27. The normalized spacial score (nSPS) is 29.8. The van der Waals surface area contributed by atoms with Gasteiger partial charge in [-0.3, -0.25) is 4.90 Å². The molecule has 3 heteroatoms. The lowest BCUT2D eigenvalue weighted by molar-refractivity contribution is -0.0729. The van der Waals surface area contributed by atoms with Crippen molar-refractivity contribution in [2.75, 3.05) is 26.7 Å². The van der Waals surface area contributed by atoms with Gasteiger partial charge in [0.05, 0.1) is 6.10 Å². The largest absolute Gasteiger partial charge is 0.378 e. The minimum Gasteiger partial charge on any atom is -0.378 e. The van der Waals surface area contributed by atoms with Crippen molar-refractivity contribution in [1.82, 2.24) is 4.90 Å². The van der Waals surface area contributed by atoms with Crippen molar-refractivity contribution in [1.29, 1.82) is 0 Å². The van der Waals surface area contributed by atoms with E-state index in [0.29, 0.717) is 11.5 Å². The maximum absolute atomic E-state index is 6.12. The molecule has 0 aromatic rings. The molecule has 0 bridgehead atoms. The Kier molecular flexibility index (Phi) is 5.63. The Bertz CT molecular complexity index is 247. The number of nitrogens with zero attached hydrogens (tertiary/aromatic N) is 1. The fraction of sp³-hybridized carbons (Fsp3) is 1.00. The summed E-state index contributed by atoms with van der Waals surface area (Å²) in [7, 11) is 2.23. The molecule has 1 aliphatic rings. The second-order valence-electron chi connectivity index (χ2n) is 7.08. The lowest BCUT2D eigenvalue weighted by Gasteiger charge is -2.48. The maximum Gasteiger partial charge on any atom is 0.0593 e. The van der Waals surface area contributed by atoms with Crippen LogP contribution in [0.25, 0.3) is 0 Å². The van der Waals surface area contributed by atoms with Crippen LogP contribution < -0.4 is 5.73 Å². The summed E-state index contributed by atoms with van der Waals surface area (Å²) in [6.45, 7) is 11.8. The number of rotatable bonds is 5. The lowest BCUT2D eigenvalue weighted by Crippen LogP contribution is -2.58. The standard InChI is InChI=1S/C15H32N2O/c1-6-7-13-10-15(11-16,8-9-18-13)17(5)12-14(2,3)4/h13H,6-12,16H2,1-5H3. The molecule has 0 radical (unpaired) electrons. The van der Waals surface area contributed by atoms with Crippen LogP contribution in [0.2, 0.25) is 0 Å². The van der Waals surface area contributed by atoms with E-state index in [4.69, 9.17) is 10.5 Å². The van der Waals surface area contributed by atoms with Gasteiger partial charge in [-0.15, -0.1) is 0 Å². The van der Waals surface area contributed by atoms with Crippen molar-refractivity contribution >= 4 is 0 Å². The lowest BCUT2D eigenvalue weighted by atomic mass is 9.82. The summed E-state index contributed by atoms with van der Waals surface area (Å²) in [4.78, 5) is 2.48. The quantitative estimate of drug-likeness (QED) is 0.822. The van der Waals surface area contributed by atoms with Gasteiger partial charge in [0, 0.05) is 25.2 Å². The number of ether oxygens (including phenoxy) is 1. The Hall–Kier alpha value is -0.120. The molecule has 0 spiro atoms. The monoisotopic (exact) mass is 256 g/mol. The fourth-order valence-corrected chi connectivity index (χ4v) is 3.07. The van der Waals surface area contributed by atoms with Gasteiger partial charge >= 0.3 is 0 Å². The van der Waals surface area contributed by atoms with Gasteiger partial charge in [-0.2, -0.15) is 0 Å². The van der Waals surface area contributed by atoms with Crippen LogP contribution in [0.4, 0.5) is 0 Å². The summed E-state index contributed by atoms with van der Waals surface area (Å²) < 4.78 is 5.87. The first-order valence-electron chi connectivity index (χ1n) is 7.36. The molecule has 2 atom stereocenters. The van der Waals surface area contributed by atoms with E-state index in [-0.39, 0.29) is 5.54 Å². The highest BCUT2D eigenvalue weighted by Crippen LogP contribution is 2.33. The van der Waals surface area contributed by atoms with Crippen LogP contribution in [-0.2, 0) is 4.74 Å². The van der Waals surface area contributed by atoms with Crippen molar-refractivity contribution in [3.63, 3.8) is 0 Å². The molecule has 3 nitrogen and oxygen atoms in total. The molecule has 2 unspecified atom stereocenters. The zero-order valence-corrected chi connectivity index (χ0v) is 13.0. The SMILES string of the molecule is CCCC1CC(CN)(N(C)CC(C)(C)C)CCO1. The minimum absolute atomic E-state index is 0.144. The summed E-state index contributed by atoms with van der Waals surface area (Å²) in [5, 5.41) is 0. The van der Waals surface area contributed by atoms with Crippen LogP contribution in [0.15, 0.2) is 0 Å². The van der Waals surface area contributed by atoms with Crippen LogP contribution in [0.5, 0.6) is 0 Å². The molecule has 0 aromatic carbocycles. The Morgan fingerprint density at radius 3 is 2.56 bits per heavy atom. The Morgan fingerprint density at radius 1 is 1.39 bits per heavy atom. The molecule has 1 saturated heterocycles. The van der Waals surface area contributed by atoms with Crippen LogP contribution in [0.3, 0.4) is 0 Å². The van der Waals surface area contributed by atoms with Crippen molar-refractivity contribution in [3.8, 4) is 0 Å². The van der Waals surface area contributed by atoms with Crippen molar-refractivity contribution in [3.05, 3.63) is 0 Å². The highest BCUT2D eigenvalue weighted by Gasteiger charge is 2.39. The molecular formula is C15H32N2O. The van der Waals surface area contributed by atoms with E-state index in [2.05, 4.69) is 39.6 Å². The van der Waals surface area contributed by atoms with Crippen molar-refractivity contribution in [2.24, 2.45) is 11.1 Å². The number of likely N-dealkylation sites (N-methyl/N-ethyl adjacent to an activating group) is 1. The third-order valence-corrected chi connectivity index (χ3v) is 4.04. The molecule has 2 N–H and O–H groups in total. The van der Waals surface area contributed by atoms with Gasteiger partial charge in [-0.1, -0.05) is 34.1 Å². The molecule has 18 heavy (non-hydrogen) atoms. The summed E-state index contributed by atoms with van der Waals surface area (Å²) in [5.41, 5.74) is 6.58. The highest BCUT2D eigenvalue weighted by molar-refractivity contribution is 4.96. The highest BCUT2D eigenvalue weighted by atomic mass is 16.5. The predicted molar refractivity (Wildman–Crippen MR) is 77.8 cm³/mol. The molecule has 0 saturated carbocycles. The third kappa shape index (κ3) is 4.22. The third-order valence-electron chi connectivity index (χ3n) is 4.04. The molecule has 0 amide bonds. The fourth-order valence-electron chi connectivity index (χ4n) is 3.07. The van der Waals surface area contributed by atoms with Gasteiger partial charge in [0.25, 0.3) is 0 Å². The first-order valence-corrected chi connectivity index (χ1v) is 7.36. The van der Waals surface area contributed by atoms with Crippen LogP contribution >= 0.6 is 0 Å². The van der Waals surface area contributed by atoms with E-state index in [9.17, 15) is 0 Å². The first kappa shape index (κ1) is 15.9. The van der Waals surface area contributed by atoms with Gasteiger partial charge in [0.15, 0.2) is 0 Å². The number of hydrogen-bond acceptors (Lipinski definition) is 3. The Labute approximate surface area is 113 Å². The Morgan fingerprint density at radius 2 is 2.06 bits per heavy atom. The van der Waals surface area contributed by atoms with Crippen LogP contribution in [0.1, 0.15) is 53.4 Å². The number of hydrogen-bond donors (Lipinski definition) is 1. The molecule has 1 heterocycles. The van der Waals surface area contributed by atoms with Crippen LogP contribution in [-0.4, -0.2) is 43.3 Å². The average molecular weight is 256 g/mol. The Balaban J connectivity index is 2.71. The van der Waals surface area contributed by atoms with E-state index in [1.165, 1.54) is 6.42 Å². The zero-order valence-electron chi connectivity index (χ0n) is 13.0. The molecule has 0 aliphatic carbocycles. The van der Waals surface area contributed by atoms with Gasteiger partial charge in [0.1, 0.15) is 0 Å². The van der Waals surface area contributed by atoms with E-state index >= 15 is 0 Å². The smallest absolute Gasteiger partial charge is 0.0593 e. The molecule has 0 aromatic heterocycles. The minimum atomic E-state index is 0.144. The summed E-state index contributed by atoms with van der Waals surface area (Å²) in [6.07, 6.45) is 4.90. The van der Waals surface area contributed by atoms with E-state index < -0.39 is 0 Å². The van der Waals surface area contributed by atoms with Crippen molar-refractivity contribution in [2.45, 2.75) is 65.0 Å². The van der Waals surface area contributed by atoms with Gasteiger partial charge in [-0.05, 0) is 31.7 Å². The second kappa shape index (κ2) is 6.36. The molecule has 1 aliphatic heterocycles. The topological polar surface area (TPSA) is 38.5 Å². The van der Waals surface area contributed by atoms with E-state index in [0.717, 1.165) is 39.0 Å². The maximum atomic E-state index is 6.12. The summed E-state index contributed by atoms with van der Waals surface area (Å²) in [6, 6.07) is 0. The van der Waals surface area contributed by atoms with Crippen LogP contribution in [0, 0.1) is 5.41 Å². The first-order chi connectivity index (χ1) is 8.33. The molecule has 1 fully saturated rings. The number of nitrogens with two attached hydrogens (primary N) is 1. The second-order valence-corrected chi connectivity index (χ2v) is 7.08.